The number of ether oxygens (including phenoxy) is 2. The van der Waals surface area contributed by atoms with E-state index in [0.717, 1.165) is 36.1 Å². The molecule has 0 amide bonds. The predicted octanol–water partition coefficient (Wildman–Crippen LogP) is 4.17. The van der Waals surface area contributed by atoms with Crippen LogP contribution in [0.2, 0.25) is 0 Å². The highest BCUT2D eigenvalue weighted by Gasteiger charge is 2.12. The molecule has 1 aliphatic heterocycles. The lowest BCUT2D eigenvalue weighted by Crippen LogP contribution is -2.36. The van der Waals surface area contributed by atoms with Crippen molar-refractivity contribution < 1.29 is 9.47 Å². The van der Waals surface area contributed by atoms with Crippen molar-refractivity contribution in [3.05, 3.63) is 59.2 Å². The molecular weight excluding hydrogens is 503 g/mol. The van der Waals surface area contributed by atoms with Gasteiger partial charge in [0.05, 0.1) is 20.8 Å². The molecule has 0 atom stereocenters. The van der Waals surface area contributed by atoms with Crippen molar-refractivity contribution in [2.45, 2.75) is 39.4 Å². The lowest BCUT2D eigenvalue weighted by atomic mass is 10.1. The summed E-state index contributed by atoms with van der Waals surface area (Å²) >= 11 is 0. The predicted molar refractivity (Wildman–Crippen MR) is 138 cm³/mol. The molecule has 1 saturated heterocycles. The zero-order valence-electron chi connectivity index (χ0n) is 18.8. The number of guanidine groups is 1. The topological polar surface area (TPSA) is 58.1 Å². The third-order valence-electron chi connectivity index (χ3n) is 5.32. The van der Waals surface area contributed by atoms with E-state index in [4.69, 9.17) is 14.5 Å². The second-order valence-electron chi connectivity index (χ2n) is 7.50. The largest absolute Gasteiger partial charge is 0.493 e. The molecule has 2 aromatic rings. The van der Waals surface area contributed by atoms with E-state index >= 15 is 0 Å². The maximum absolute atomic E-state index is 5.52. The number of hydrogen-bond donors (Lipinski definition) is 2. The first-order valence-electron chi connectivity index (χ1n) is 10.8. The molecule has 0 aliphatic carbocycles. The van der Waals surface area contributed by atoms with Crippen LogP contribution in [0.3, 0.4) is 0 Å². The smallest absolute Gasteiger partial charge is 0.191 e. The van der Waals surface area contributed by atoms with Gasteiger partial charge in [-0.2, -0.15) is 0 Å². The Bertz CT molecular complexity index is 821. The minimum absolute atomic E-state index is 0. The van der Waals surface area contributed by atoms with Crippen molar-refractivity contribution in [3.8, 4) is 11.5 Å². The van der Waals surface area contributed by atoms with Crippen LogP contribution >= 0.6 is 24.0 Å². The maximum Gasteiger partial charge on any atom is 0.191 e. The van der Waals surface area contributed by atoms with E-state index in [9.17, 15) is 0 Å². The number of halogens is 1. The standard InChI is InChI=1S/C24H34N4O2.HI/c1-4-25-24(27-17-21-8-7-9-22(29-2)23(21)30-3)26-16-19-10-12-20(13-11-19)18-28-14-5-6-15-28;/h7-13H,4-6,14-18H2,1-3H3,(H2,25,26,27);1H. The number of hydrogen-bond acceptors (Lipinski definition) is 4. The number of nitrogens with zero attached hydrogens (tertiary/aromatic N) is 2. The molecule has 31 heavy (non-hydrogen) atoms. The second kappa shape index (κ2) is 13.4. The van der Waals surface area contributed by atoms with E-state index < -0.39 is 0 Å². The molecular formula is C24H35IN4O2. The highest BCUT2D eigenvalue weighted by atomic mass is 127. The van der Waals surface area contributed by atoms with Gasteiger partial charge >= 0.3 is 0 Å². The summed E-state index contributed by atoms with van der Waals surface area (Å²) < 4.78 is 10.9. The summed E-state index contributed by atoms with van der Waals surface area (Å²) in [6.45, 7) is 7.60. The van der Waals surface area contributed by atoms with Crippen molar-refractivity contribution in [1.82, 2.24) is 15.5 Å². The molecule has 0 bridgehead atoms. The number of rotatable bonds is 9. The fourth-order valence-electron chi connectivity index (χ4n) is 3.73. The minimum Gasteiger partial charge on any atom is -0.493 e. The molecule has 6 nitrogen and oxygen atoms in total. The Labute approximate surface area is 203 Å². The summed E-state index contributed by atoms with van der Waals surface area (Å²) in [6.07, 6.45) is 2.66. The molecule has 7 heteroatoms. The van der Waals surface area contributed by atoms with E-state index in [1.807, 2.05) is 18.2 Å². The Hall–Kier alpha value is -2.00. The Morgan fingerprint density at radius 2 is 1.68 bits per heavy atom. The summed E-state index contributed by atoms with van der Waals surface area (Å²) in [4.78, 5) is 7.26. The monoisotopic (exact) mass is 538 g/mol. The summed E-state index contributed by atoms with van der Waals surface area (Å²) in [5, 5.41) is 6.70. The van der Waals surface area contributed by atoms with Gasteiger partial charge in [-0.25, -0.2) is 4.99 Å². The molecule has 0 spiro atoms. The Kier molecular flexibility index (Phi) is 10.9. The Balaban J connectivity index is 0.00000341. The number of benzene rings is 2. The van der Waals surface area contributed by atoms with Crippen LogP contribution in [0.4, 0.5) is 0 Å². The fraction of sp³-hybridized carbons (Fsp3) is 0.458. The third-order valence-corrected chi connectivity index (χ3v) is 5.32. The highest BCUT2D eigenvalue weighted by molar-refractivity contribution is 14.0. The second-order valence-corrected chi connectivity index (χ2v) is 7.50. The van der Waals surface area contributed by atoms with E-state index in [2.05, 4.69) is 46.7 Å². The molecule has 1 fully saturated rings. The van der Waals surface area contributed by atoms with Gasteiger partial charge in [-0.1, -0.05) is 36.4 Å². The SMILES string of the molecule is CCNC(=NCc1ccc(CN2CCCC2)cc1)NCc1cccc(OC)c1OC.I. The van der Waals surface area contributed by atoms with Crippen LogP contribution in [-0.2, 0) is 19.6 Å². The van der Waals surface area contributed by atoms with E-state index in [1.54, 1.807) is 14.2 Å². The fourth-order valence-corrected chi connectivity index (χ4v) is 3.73. The zero-order chi connectivity index (χ0) is 21.2. The molecule has 1 aliphatic rings. The number of para-hydroxylation sites is 1. The van der Waals surface area contributed by atoms with Gasteiger partial charge in [0.2, 0.25) is 0 Å². The first-order chi connectivity index (χ1) is 14.7. The lowest BCUT2D eigenvalue weighted by Gasteiger charge is -2.15. The number of nitrogens with one attached hydrogen (secondary N) is 2. The van der Waals surface area contributed by atoms with Crippen molar-refractivity contribution in [2.24, 2.45) is 4.99 Å². The van der Waals surface area contributed by atoms with Crippen molar-refractivity contribution in [1.29, 1.82) is 0 Å². The molecule has 0 aromatic heterocycles. The van der Waals surface area contributed by atoms with Crippen LogP contribution in [0, 0.1) is 0 Å². The van der Waals surface area contributed by atoms with E-state index in [0.29, 0.717) is 13.1 Å². The van der Waals surface area contributed by atoms with Crippen LogP contribution in [0.5, 0.6) is 11.5 Å². The molecule has 1 heterocycles. The zero-order valence-corrected chi connectivity index (χ0v) is 21.1. The molecule has 0 radical (unpaired) electrons. The average molecular weight is 538 g/mol. The van der Waals surface area contributed by atoms with Crippen LogP contribution in [-0.4, -0.2) is 44.7 Å². The summed E-state index contributed by atoms with van der Waals surface area (Å²) in [5.74, 6) is 2.26. The summed E-state index contributed by atoms with van der Waals surface area (Å²) in [7, 11) is 3.31. The van der Waals surface area contributed by atoms with Gasteiger partial charge in [0, 0.05) is 25.2 Å². The minimum atomic E-state index is 0. The van der Waals surface area contributed by atoms with Crippen LogP contribution < -0.4 is 20.1 Å². The molecule has 2 N–H and O–H groups in total. The van der Waals surface area contributed by atoms with Crippen LogP contribution in [0.25, 0.3) is 0 Å². The number of methoxy groups -OCH3 is 2. The van der Waals surface area contributed by atoms with Gasteiger partial charge in [-0.15, -0.1) is 24.0 Å². The Morgan fingerprint density at radius 3 is 2.32 bits per heavy atom. The van der Waals surface area contributed by atoms with Gasteiger partial charge in [0.25, 0.3) is 0 Å². The molecule has 3 rings (SSSR count). The molecule has 0 saturated carbocycles. The lowest BCUT2D eigenvalue weighted by molar-refractivity contribution is 0.331. The number of likely N-dealkylation sites (tertiary alicyclic amines) is 1. The van der Waals surface area contributed by atoms with Gasteiger partial charge in [-0.05, 0) is 50.0 Å². The summed E-state index contributed by atoms with van der Waals surface area (Å²) in [5.41, 5.74) is 3.60. The Morgan fingerprint density at radius 1 is 0.968 bits per heavy atom. The van der Waals surface area contributed by atoms with Crippen LogP contribution in [0.15, 0.2) is 47.5 Å². The molecule has 170 valence electrons. The van der Waals surface area contributed by atoms with E-state index in [1.165, 1.54) is 37.1 Å². The average Bonchev–Trinajstić information content (AvgIpc) is 3.29. The quantitative estimate of drug-likeness (QED) is 0.285. The third kappa shape index (κ3) is 7.57. The van der Waals surface area contributed by atoms with Gasteiger partial charge in [0.15, 0.2) is 17.5 Å². The highest BCUT2D eigenvalue weighted by Crippen LogP contribution is 2.30. The van der Waals surface area contributed by atoms with Gasteiger partial charge < -0.3 is 20.1 Å². The van der Waals surface area contributed by atoms with Crippen molar-refractivity contribution in [3.63, 3.8) is 0 Å². The normalized spacial score (nSPS) is 14.1. The maximum atomic E-state index is 5.52. The van der Waals surface area contributed by atoms with Gasteiger partial charge in [-0.3, -0.25) is 4.90 Å². The van der Waals surface area contributed by atoms with E-state index in [-0.39, 0.29) is 24.0 Å². The summed E-state index contributed by atoms with van der Waals surface area (Å²) in [6, 6.07) is 14.7. The molecule has 2 aromatic carbocycles. The van der Waals surface area contributed by atoms with Crippen LogP contribution in [0.1, 0.15) is 36.5 Å². The first-order valence-corrected chi connectivity index (χ1v) is 10.8. The van der Waals surface area contributed by atoms with Crippen molar-refractivity contribution in [2.75, 3.05) is 33.9 Å². The molecule has 0 unspecified atom stereocenters. The number of aliphatic imine (C=N–C) groups is 1. The first kappa shape index (κ1) is 25.3. The van der Waals surface area contributed by atoms with Gasteiger partial charge in [0.1, 0.15) is 0 Å². The van der Waals surface area contributed by atoms with Crippen molar-refractivity contribution >= 4 is 29.9 Å².